The molecule has 2 heteroatoms. The van der Waals surface area contributed by atoms with Crippen molar-refractivity contribution in [3.63, 3.8) is 0 Å². The highest BCUT2D eigenvalue weighted by atomic mass is 15.1. The lowest BCUT2D eigenvalue weighted by Crippen LogP contribution is -2.41. The normalized spacial score (nSPS) is 22.4. The second-order valence-corrected chi connectivity index (χ2v) is 5.92. The Balaban J connectivity index is 2.21. The van der Waals surface area contributed by atoms with E-state index in [4.69, 9.17) is 0 Å². The van der Waals surface area contributed by atoms with Crippen LogP contribution in [0.4, 0.5) is 5.69 Å². The van der Waals surface area contributed by atoms with Gasteiger partial charge in [0, 0.05) is 18.8 Å². The summed E-state index contributed by atoms with van der Waals surface area (Å²) >= 11 is 0. The minimum atomic E-state index is 0.0552. The zero-order valence-corrected chi connectivity index (χ0v) is 12.7. The van der Waals surface area contributed by atoms with E-state index in [-0.39, 0.29) is 5.54 Å². The molecule has 0 amide bonds. The standard InChI is InChI=1S/C17H26N2/c1-6-11-19(5)12-13(3)17(4)15-9-8-10-16(18-17)14(15)7-2/h6,8-10,13,18H,1,7,11-12H2,2-5H3/t13?,17-/m0/s1. The van der Waals surface area contributed by atoms with Crippen molar-refractivity contribution in [3.8, 4) is 0 Å². The maximum atomic E-state index is 3.81. The van der Waals surface area contributed by atoms with Crippen molar-refractivity contribution in [2.24, 2.45) is 5.92 Å². The third kappa shape index (κ3) is 2.42. The molecule has 1 aromatic rings. The minimum absolute atomic E-state index is 0.0552. The average Bonchev–Trinajstić information content (AvgIpc) is 2.52. The van der Waals surface area contributed by atoms with Gasteiger partial charge >= 0.3 is 0 Å². The maximum absolute atomic E-state index is 3.81. The van der Waals surface area contributed by atoms with Gasteiger partial charge < -0.3 is 10.2 Å². The summed E-state index contributed by atoms with van der Waals surface area (Å²) in [7, 11) is 2.16. The Labute approximate surface area is 117 Å². The van der Waals surface area contributed by atoms with Crippen LogP contribution >= 0.6 is 0 Å². The third-order valence-electron chi connectivity index (χ3n) is 4.50. The largest absolute Gasteiger partial charge is 0.375 e. The van der Waals surface area contributed by atoms with Gasteiger partial charge in [-0.05, 0) is 43.5 Å². The second kappa shape index (κ2) is 5.38. The second-order valence-electron chi connectivity index (χ2n) is 5.92. The summed E-state index contributed by atoms with van der Waals surface area (Å²) < 4.78 is 0. The van der Waals surface area contributed by atoms with E-state index in [1.807, 2.05) is 6.08 Å². The van der Waals surface area contributed by atoms with Gasteiger partial charge in [-0.2, -0.15) is 0 Å². The zero-order valence-electron chi connectivity index (χ0n) is 12.7. The number of likely N-dealkylation sites (N-methyl/N-ethyl adjacent to an activating group) is 1. The van der Waals surface area contributed by atoms with Gasteiger partial charge in [-0.3, -0.25) is 0 Å². The van der Waals surface area contributed by atoms with Gasteiger partial charge in [0.05, 0.1) is 5.54 Å². The van der Waals surface area contributed by atoms with E-state index in [1.54, 1.807) is 0 Å². The zero-order chi connectivity index (χ0) is 14.0. The molecule has 0 aliphatic carbocycles. The van der Waals surface area contributed by atoms with Crippen LogP contribution in [0.25, 0.3) is 0 Å². The monoisotopic (exact) mass is 258 g/mol. The number of hydrogen-bond acceptors (Lipinski definition) is 2. The molecule has 0 aromatic heterocycles. The summed E-state index contributed by atoms with van der Waals surface area (Å²) in [6.07, 6.45) is 3.07. The number of fused-ring (bicyclic) bond motifs is 2. The van der Waals surface area contributed by atoms with Crippen LogP contribution in [-0.2, 0) is 12.0 Å². The Bertz CT molecular complexity index is 466. The lowest BCUT2D eigenvalue weighted by molar-refractivity contribution is 0.247. The fraction of sp³-hybridized carbons (Fsp3) is 0.529. The Hall–Kier alpha value is -1.28. The van der Waals surface area contributed by atoms with E-state index in [0.29, 0.717) is 5.92 Å². The van der Waals surface area contributed by atoms with Crippen molar-refractivity contribution in [2.75, 3.05) is 25.5 Å². The molecule has 19 heavy (non-hydrogen) atoms. The van der Waals surface area contributed by atoms with Crippen LogP contribution in [0.5, 0.6) is 0 Å². The van der Waals surface area contributed by atoms with Gasteiger partial charge in [0.15, 0.2) is 0 Å². The molecule has 0 saturated carbocycles. The number of nitrogens with zero attached hydrogens (tertiary/aromatic N) is 1. The summed E-state index contributed by atoms with van der Waals surface area (Å²) in [5.74, 6) is 0.544. The van der Waals surface area contributed by atoms with E-state index in [9.17, 15) is 0 Å². The molecule has 1 aromatic carbocycles. The quantitative estimate of drug-likeness (QED) is 0.784. The predicted molar refractivity (Wildman–Crippen MR) is 83.7 cm³/mol. The third-order valence-corrected chi connectivity index (χ3v) is 4.50. The van der Waals surface area contributed by atoms with Crippen molar-refractivity contribution in [2.45, 2.75) is 32.7 Å². The van der Waals surface area contributed by atoms with E-state index in [0.717, 1.165) is 19.5 Å². The van der Waals surface area contributed by atoms with Crippen molar-refractivity contribution in [1.29, 1.82) is 0 Å². The lowest BCUT2D eigenvalue weighted by Gasteiger charge is -2.36. The molecule has 0 saturated heterocycles. The number of hydrogen-bond donors (Lipinski definition) is 1. The van der Waals surface area contributed by atoms with Gasteiger partial charge in [-0.15, -0.1) is 6.58 Å². The van der Waals surface area contributed by atoms with Gasteiger partial charge in [-0.25, -0.2) is 0 Å². The molecule has 1 N–H and O–H groups in total. The predicted octanol–water partition coefficient (Wildman–Crippen LogP) is 3.64. The SMILES string of the molecule is C=CCN(C)CC(C)[C@]1(C)Nc2cccc1c2CC. The summed E-state index contributed by atoms with van der Waals surface area (Å²) in [5, 5.41) is 3.75. The van der Waals surface area contributed by atoms with Crippen LogP contribution in [0.1, 0.15) is 31.9 Å². The first-order valence-electron chi connectivity index (χ1n) is 7.23. The molecule has 0 spiro atoms. The molecule has 1 aliphatic heterocycles. The molecule has 1 aliphatic rings. The highest BCUT2D eigenvalue weighted by Gasteiger charge is 2.40. The highest BCUT2D eigenvalue weighted by Crippen LogP contribution is 2.44. The van der Waals surface area contributed by atoms with E-state index in [1.165, 1.54) is 16.8 Å². The fourth-order valence-corrected chi connectivity index (χ4v) is 3.25. The summed E-state index contributed by atoms with van der Waals surface area (Å²) in [6, 6.07) is 6.66. The number of anilines is 1. The highest BCUT2D eigenvalue weighted by molar-refractivity contribution is 5.65. The van der Waals surface area contributed by atoms with Crippen LogP contribution in [0, 0.1) is 5.92 Å². The molecule has 2 bridgehead atoms. The summed E-state index contributed by atoms with van der Waals surface area (Å²) in [5.41, 5.74) is 4.34. The first-order valence-corrected chi connectivity index (χ1v) is 7.23. The van der Waals surface area contributed by atoms with E-state index < -0.39 is 0 Å². The number of nitrogens with one attached hydrogen (secondary N) is 1. The van der Waals surface area contributed by atoms with Gasteiger partial charge in [0.25, 0.3) is 0 Å². The molecule has 2 atom stereocenters. The van der Waals surface area contributed by atoms with Gasteiger partial charge in [-0.1, -0.05) is 32.1 Å². The average molecular weight is 258 g/mol. The molecule has 0 radical (unpaired) electrons. The molecular weight excluding hydrogens is 232 g/mol. The Morgan fingerprint density at radius 2 is 2.21 bits per heavy atom. The summed E-state index contributed by atoms with van der Waals surface area (Å²) in [6.45, 7) is 12.7. The molecule has 2 nitrogen and oxygen atoms in total. The Morgan fingerprint density at radius 1 is 1.47 bits per heavy atom. The molecule has 2 rings (SSSR count). The van der Waals surface area contributed by atoms with Crippen molar-refractivity contribution < 1.29 is 0 Å². The first-order chi connectivity index (χ1) is 9.02. The molecular formula is C17H26N2. The fourth-order valence-electron chi connectivity index (χ4n) is 3.25. The Kier molecular flexibility index (Phi) is 4.00. The van der Waals surface area contributed by atoms with Gasteiger partial charge in [0.2, 0.25) is 0 Å². The van der Waals surface area contributed by atoms with Crippen molar-refractivity contribution in [3.05, 3.63) is 42.0 Å². The molecule has 0 fully saturated rings. The van der Waals surface area contributed by atoms with Crippen LogP contribution < -0.4 is 5.32 Å². The van der Waals surface area contributed by atoms with Crippen LogP contribution in [0.2, 0.25) is 0 Å². The maximum Gasteiger partial charge on any atom is 0.0638 e. The minimum Gasteiger partial charge on any atom is -0.375 e. The lowest BCUT2D eigenvalue weighted by atomic mass is 9.80. The first kappa shape index (κ1) is 14.1. The van der Waals surface area contributed by atoms with Crippen molar-refractivity contribution >= 4 is 5.69 Å². The van der Waals surface area contributed by atoms with Crippen LogP contribution in [0.3, 0.4) is 0 Å². The summed E-state index contributed by atoms with van der Waals surface area (Å²) in [4.78, 5) is 2.33. The molecule has 104 valence electrons. The Morgan fingerprint density at radius 3 is 2.79 bits per heavy atom. The van der Waals surface area contributed by atoms with E-state index in [2.05, 4.69) is 62.8 Å². The van der Waals surface area contributed by atoms with E-state index >= 15 is 0 Å². The molecule has 1 unspecified atom stereocenters. The van der Waals surface area contributed by atoms with Crippen LogP contribution in [-0.4, -0.2) is 25.0 Å². The van der Waals surface area contributed by atoms with Gasteiger partial charge in [0.1, 0.15) is 0 Å². The van der Waals surface area contributed by atoms with Crippen molar-refractivity contribution in [1.82, 2.24) is 4.90 Å². The number of rotatable bonds is 6. The van der Waals surface area contributed by atoms with Crippen LogP contribution in [0.15, 0.2) is 30.9 Å². The topological polar surface area (TPSA) is 15.3 Å². The molecule has 1 heterocycles. The number of benzene rings is 1. The smallest absolute Gasteiger partial charge is 0.0638 e.